The lowest BCUT2D eigenvalue weighted by Crippen LogP contribution is -2.63. The van der Waals surface area contributed by atoms with Crippen molar-refractivity contribution in [3.05, 3.63) is 59.7 Å². The summed E-state index contributed by atoms with van der Waals surface area (Å²) in [5.41, 5.74) is 7.35. The number of quaternary nitrogens is 1. The minimum atomic E-state index is -3.92. The number of benzene rings is 2. The van der Waals surface area contributed by atoms with Gasteiger partial charge in [0, 0.05) is 6.26 Å². The topological polar surface area (TPSA) is 105 Å². The van der Waals surface area contributed by atoms with Crippen LogP contribution in [0.3, 0.4) is 0 Å². The zero-order valence-electron chi connectivity index (χ0n) is 12.5. The van der Waals surface area contributed by atoms with E-state index in [-0.39, 0.29) is 6.03 Å². The van der Waals surface area contributed by atoms with Crippen molar-refractivity contribution >= 4 is 39.7 Å². The highest BCUT2D eigenvalue weighted by atomic mass is 32.2. The van der Waals surface area contributed by atoms with Crippen LogP contribution in [0, 0.1) is 0 Å². The fourth-order valence-corrected chi connectivity index (χ4v) is 2.24. The fraction of sp³-hybridized carbons (Fsp3) is 0.0625. The molecule has 1 aliphatic rings. The Labute approximate surface area is 134 Å². The van der Waals surface area contributed by atoms with Crippen LogP contribution in [0.2, 0.25) is 0 Å². The molecule has 120 valence electrons. The van der Waals surface area contributed by atoms with E-state index in [0.29, 0.717) is 6.26 Å². The molecule has 0 aromatic heterocycles. The average Bonchev–Trinajstić information content (AvgIpc) is 2.62. The number of urea groups is 1. The van der Waals surface area contributed by atoms with E-state index in [2.05, 4.69) is 5.73 Å². The first-order chi connectivity index (χ1) is 10.8. The zero-order valence-corrected chi connectivity index (χ0v) is 13.3. The first-order valence-corrected chi connectivity index (χ1v) is 8.52. The van der Waals surface area contributed by atoms with Gasteiger partial charge in [0.2, 0.25) is 0 Å². The van der Waals surface area contributed by atoms with Gasteiger partial charge in [-0.1, -0.05) is 48.6 Å². The van der Waals surface area contributed by atoms with E-state index in [0.717, 1.165) is 22.5 Å². The van der Waals surface area contributed by atoms with E-state index in [1.807, 2.05) is 60.7 Å². The predicted molar refractivity (Wildman–Crippen MR) is 87.9 cm³/mol. The van der Waals surface area contributed by atoms with Gasteiger partial charge in [0.25, 0.3) is 0 Å². The van der Waals surface area contributed by atoms with Crippen molar-refractivity contribution < 1.29 is 23.5 Å². The van der Waals surface area contributed by atoms with Gasteiger partial charge in [0.15, 0.2) is 0 Å². The maximum absolute atomic E-state index is 11.9. The normalized spacial score (nSPS) is 12.4. The molecule has 6 nitrogen and oxygen atoms in total. The predicted octanol–water partition coefficient (Wildman–Crippen LogP) is 1.83. The molecule has 0 bridgehead atoms. The second-order valence-corrected chi connectivity index (χ2v) is 6.29. The smallest absolute Gasteiger partial charge is 0.423 e. The molecule has 0 saturated heterocycles. The molecule has 0 fully saturated rings. The molecule has 0 saturated carbocycles. The number of fused-ring (bicyclic) bond motifs is 2. The van der Waals surface area contributed by atoms with Gasteiger partial charge in [-0.25, -0.2) is 18.1 Å². The van der Waals surface area contributed by atoms with E-state index in [1.54, 1.807) is 4.90 Å². The number of carbonyl (C=O) groups is 1. The molecule has 0 spiro atoms. The van der Waals surface area contributed by atoms with Crippen LogP contribution in [-0.4, -0.2) is 25.3 Å². The molecule has 3 N–H and O–H groups in total. The molecule has 7 heteroatoms. The Hall–Kier alpha value is -2.48. The standard InChI is InChI=1S/C15H12N2O.CH4O3S/c16-15(18)17-13-7-3-1-5-11(13)9-10-12-6-2-4-8-14(12)17;1-5(2,3)4/h1-10H,(H2,16,18);1H3,(H,2,3,4). The maximum atomic E-state index is 11.9. The van der Waals surface area contributed by atoms with Crippen LogP contribution in [0.4, 0.5) is 16.2 Å². The van der Waals surface area contributed by atoms with Gasteiger partial charge in [0.05, 0.1) is 21.5 Å². The van der Waals surface area contributed by atoms with Crippen LogP contribution in [0.15, 0.2) is 48.5 Å². The Morgan fingerprint density at radius 1 is 0.957 bits per heavy atom. The third kappa shape index (κ3) is 4.49. The van der Waals surface area contributed by atoms with E-state index in [1.165, 1.54) is 0 Å². The lowest BCUT2D eigenvalue weighted by molar-refractivity contribution is -0.245. The fourth-order valence-electron chi connectivity index (χ4n) is 2.24. The number of anilines is 2. The quantitative estimate of drug-likeness (QED) is 0.743. The van der Waals surface area contributed by atoms with E-state index in [4.69, 9.17) is 13.0 Å². The Morgan fingerprint density at radius 3 is 1.65 bits per heavy atom. The number of para-hydroxylation sites is 2. The Balaban J connectivity index is 0.000000338. The molecular formula is C16H16N2O4S. The van der Waals surface area contributed by atoms with E-state index in [9.17, 15) is 4.79 Å². The lowest BCUT2D eigenvalue weighted by Gasteiger charge is -2.20. The van der Waals surface area contributed by atoms with Gasteiger partial charge in [0.1, 0.15) is 0 Å². The number of amides is 2. The van der Waals surface area contributed by atoms with E-state index < -0.39 is 10.1 Å². The Morgan fingerprint density at radius 2 is 1.30 bits per heavy atom. The molecule has 0 unspecified atom stereocenters. The summed E-state index contributed by atoms with van der Waals surface area (Å²) in [5, 5.41) is 0. The van der Waals surface area contributed by atoms with Crippen molar-refractivity contribution in [3.63, 3.8) is 0 Å². The van der Waals surface area contributed by atoms with Crippen LogP contribution >= 0.6 is 0 Å². The minimum Gasteiger partial charge on any atom is -0.748 e. The monoisotopic (exact) mass is 332 g/mol. The SMILES string of the molecule is CS(=O)(=O)[O-].[NH3+]C(=O)N1c2ccccc2C=Cc2ccccc21. The molecule has 1 aliphatic heterocycles. The molecule has 2 aromatic carbocycles. The third-order valence-electron chi connectivity index (χ3n) is 3.05. The molecule has 0 atom stereocenters. The van der Waals surface area contributed by atoms with Gasteiger partial charge in [-0.05, 0) is 23.3 Å². The summed E-state index contributed by atoms with van der Waals surface area (Å²) >= 11 is 0. The van der Waals surface area contributed by atoms with Crippen LogP contribution in [0.1, 0.15) is 11.1 Å². The van der Waals surface area contributed by atoms with Gasteiger partial charge < -0.3 is 4.55 Å². The summed E-state index contributed by atoms with van der Waals surface area (Å²) in [6.45, 7) is 0. The van der Waals surface area contributed by atoms with Crippen LogP contribution < -0.4 is 10.6 Å². The number of nitrogens with zero attached hydrogens (tertiary/aromatic N) is 1. The van der Waals surface area contributed by atoms with Crippen molar-refractivity contribution in [2.24, 2.45) is 0 Å². The summed E-state index contributed by atoms with van der Waals surface area (Å²) in [7, 11) is -3.92. The minimum absolute atomic E-state index is 0.224. The molecule has 2 aromatic rings. The average molecular weight is 332 g/mol. The van der Waals surface area contributed by atoms with Crippen molar-refractivity contribution in [2.75, 3.05) is 11.2 Å². The number of carbonyl (C=O) groups excluding carboxylic acids is 1. The number of hydrogen-bond acceptors (Lipinski definition) is 4. The summed E-state index contributed by atoms with van der Waals surface area (Å²) in [6, 6.07) is 15.4. The molecule has 1 heterocycles. The molecule has 2 amide bonds. The zero-order chi connectivity index (χ0) is 17.0. The van der Waals surface area contributed by atoms with Crippen LogP contribution in [-0.2, 0) is 10.1 Å². The van der Waals surface area contributed by atoms with Crippen LogP contribution in [0.25, 0.3) is 12.2 Å². The summed E-state index contributed by atoms with van der Waals surface area (Å²) in [4.78, 5) is 13.5. The van der Waals surface area contributed by atoms with E-state index >= 15 is 0 Å². The Bertz CT molecular complexity index is 802. The first kappa shape index (κ1) is 16.9. The van der Waals surface area contributed by atoms with Crippen molar-refractivity contribution in [3.8, 4) is 0 Å². The molecule has 0 aliphatic carbocycles. The van der Waals surface area contributed by atoms with Crippen molar-refractivity contribution in [1.29, 1.82) is 0 Å². The highest BCUT2D eigenvalue weighted by molar-refractivity contribution is 7.84. The van der Waals surface area contributed by atoms with Crippen LogP contribution in [0.5, 0.6) is 0 Å². The second-order valence-electron chi connectivity index (χ2n) is 4.88. The lowest BCUT2D eigenvalue weighted by atomic mass is 10.1. The first-order valence-electron chi connectivity index (χ1n) is 6.70. The molecule has 23 heavy (non-hydrogen) atoms. The second kappa shape index (κ2) is 6.74. The van der Waals surface area contributed by atoms with Gasteiger partial charge in [-0.2, -0.15) is 0 Å². The number of rotatable bonds is 0. The molecule has 3 rings (SSSR count). The van der Waals surface area contributed by atoms with Gasteiger partial charge >= 0.3 is 6.03 Å². The summed E-state index contributed by atoms with van der Waals surface area (Å²) < 4.78 is 27.2. The molecule has 0 radical (unpaired) electrons. The van der Waals surface area contributed by atoms with Gasteiger partial charge in [-0.3, -0.25) is 5.73 Å². The Kier molecular flexibility index (Phi) is 4.95. The summed E-state index contributed by atoms with van der Waals surface area (Å²) in [5.74, 6) is 0. The maximum Gasteiger partial charge on any atom is 0.423 e. The number of hydrogen-bond donors (Lipinski definition) is 1. The van der Waals surface area contributed by atoms with Gasteiger partial charge in [-0.15, -0.1) is 0 Å². The highest BCUT2D eigenvalue weighted by Gasteiger charge is 2.23. The summed E-state index contributed by atoms with van der Waals surface area (Å²) in [6.07, 6.45) is 4.65. The third-order valence-corrected chi connectivity index (χ3v) is 3.05. The molecular weight excluding hydrogens is 316 g/mol. The highest BCUT2D eigenvalue weighted by Crippen LogP contribution is 2.35. The van der Waals surface area contributed by atoms with Crippen molar-refractivity contribution in [2.45, 2.75) is 0 Å². The largest absolute Gasteiger partial charge is 0.748 e. The van der Waals surface area contributed by atoms with Crippen molar-refractivity contribution in [1.82, 2.24) is 0 Å².